The summed E-state index contributed by atoms with van der Waals surface area (Å²) >= 11 is 0. The number of aliphatic hydroxyl groups is 1. The molecule has 14 heavy (non-hydrogen) atoms. The van der Waals surface area contributed by atoms with Crippen LogP contribution in [-0.2, 0) is 4.74 Å². The van der Waals surface area contributed by atoms with Gasteiger partial charge in [-0.2, -0.15) is 0 Å². The molecule has 84 valence electrons. The molecule has 1 saturated heterocycles. The van der Waals surface area contributed by atoms with Crippen LogP contribution in [0.4, 0.5) is 0 Å². The number of nitrogens with zero attached hydrogens (tertiary/aromatic N) is 1. The molecule has 1 fully saturated rings. The molecule has 0 aromatic heterocycles. The minimum atomic E-state index is -0.601. The van der Waals surface area contributed by atoms with E-state index in [1.807, 2.05) is 13.8 Å². The zero-order valence-corrected chi connectivity index (χ0v) is 9.79. The van der Waals surface area contributed by atoms with E-state index in [9.17, 15) is 5.11 Å². The molecule has 0 aliphatic carbocycles. The summed E-state index contributed by atoms with van der Waals surface area (Å²) in [4.78, 5) is 2.28. The average Bonchev–Trinajstić information content (AvgIpc) is 2.09. The van der Waals surface area contributed by atoms with E-state index in [-0.39, 0.29) is 6.10 Å². The SMILES string of the molecule is CC(C)OCC1(O)CCN(C)C(C)C1. The van der Waals surface area contributed by atoms with Crippen molar-refractivity contribution in [3.8, 4) is 0 Å². The molecule has 3 heteroatoms. The Bertz CT molecular complexity index is 184. The third-order valence-corrected chi connectivity index (χ3v) is 3.04. The van der Waals surface area contributed by atoms with Crippen LogP contribution in [0, 0.1) is 0 Å². The second-order valence-electron chi connectivity index (χ2n) is 4.87. The lowest BCUT2D eigenvalue weighted by Crippen LogP contribution is -2.50. The predicted octanol–water partition coefficient (Wildman–Crippen LogP) is 1.26. The van der Waals surface area contributed by atoms with E-state index in [1.54, 1.807) is 0 Å². The van der Waals surface area contributed by atoms with E-state index < -0.39 is 5.60 Å². The lowest BCUT2D eigenvalue weighted by molar-refractivity contribution is -0.103. The quantitative estimate of drug-likeness (QED) is 0.746. The third kappa shape index (κ3) is 3.23. The smallest absolute Gasteiger partial charge is 0.0907 e. The molecule has 1 rings (SSSR count). The second-order valence-corrected chi connectivity index (χ2v) is 4.87. The van der Waals surface area contributed by atoms with E-state index in [1.165, 1.54) is 0 Å². The van der Waals surface area contributed by atoms with Crippen molar-refractivity contribution in [2.24, 2.45) is 0 Å². The highest BCUT2D eigenvalue weighted by atomic mass is 16.5. The van der Waals surface area contributed by atoms with Gasteiger partial charge >= 0.3 is 0 Å². The van der Waals surface area contributed by atoms with Crippen molar-refractivity contribution in [1.29, 1.82) is 0 Å². The highest BCUT2D eigenvalue weighted by Gasteiger charge is 2.35. The fourth-order valence-electron chi connectivity index (χ4n) is 1.87. The summed E-state index contributed by atoms with van der Waals surface area (Å²) in [6, 6.07) is 0.449. The molecule has 3 nitrogen and oxygen atoms in total. The van der Waals surface area contributed by atoms with Crippen LogP contribution < -0.4 is 0 Å². The number of ether oxygens (including phenoxy) is 1. The first kappa shape index (κ1) is 12.0. The summed E-state index contributed by atoms with van der Waals surface area (Å²) in [5.41, 5.74) is -0.601. The molecular formula is C11H23NO2. The number of hydrogen-bond acceptors (Lipinski definition) is 3. The molecule has 1 heterocycles. The zero-order valence-electron chi connectivity index (χ0n) is 9.79. The lowest BCUT2D eigenvalue weighted by Gasteiger charge is -2.41. The largest absolute Gasteiger partial charge is 0.387 e. The van der Waals surface area contributed by atoms with Crippen molar-refractivity contribution in [2.45, 2.75) is 51.4 Å². The van der Waals surface area contributed by atoms with Gasteiger partial charge in [0.15, 0.2) is 0 Å². The number of hydrogen-bond donors (Lipinski definition) is 1. The normalized spacial score (nSPS) is 35.1. The Labute approximate surface area is 87.1 Å². The predicted molar refractivity (Wildman–Crippen MR) is 57.4 cm³/mol. The molecule has 1 N–H and O–H groups in total. The van der Waals surface area contributed by atoms with E-state index in [0.29, 0.717) is 12.6 Å². The van der Waals surface area contributed by atoms with Crippen molar-refractivity contribution in [2.75, 3.05) is 20.2 Å². The fourth-order valence-corrected chi connectivity index (χ4v) is 1.87. The summed E-state index contributed by atoms with van der Waals surface area (Å²) in [6.45, 7) is 7.59. The van der Waals surface area contributed by atoms with Gasteiger partial charge < -0.3 is 14.7 Å². The zero-order chi connectivity index (χ0) is 10.8. The minimum Gasteiger partial charge on any atom is -0.387 e. The van der Waals surface area contributed by atoms with Gasteiger partial charge in [0.2, 0.25) is 0 Å². The Morgan fingerprint density at radius 3 is 2.71 bits per heavy atom. The first-order valence-electron chi connectivity index (χ1n) is 5.47. The van der Waals surface area contributed by atoms with Gasteiger partial charge in [-0.1, -0.05) is 0 Å². The number of likely N-dealkylation sites (tertiary alicyclic amines) is 1. The summed E-state index contributed by atoms with van der Waals surface area (Å²) in [5, 5.41) is 10.3. The van der Waals surface area contributed by atoms with Crippen LogP contribution in [0.25, 0.3) is 0 Å². The minimum absolute atomic E-state index is 0.203. The highest BCUT2D eigenvalue weighted by Crippen LogP contribution is 2.26. The van der Waals surface area contributed by atoms with Gasteiger partial charge in [-0.05, 0) is 40.7 Å². The maximum atomic E-state index is 10.3. The monoisotopic (exact) mass is 201 g/mol. The van der Waals surface area contributed by atoms with Crippen LogP contribution in [0.2, 0.25) is 0 Å². The number of piperidine rings is 1. The first-order chi connectivity index (χ1) is 6.43. The van der Waals surface area contributed by atoms with Crippen LogP contribution in [0.5, 0.6) is 0 Å². The van der Waals surface area contributed by atoms with E-state index >= 15 is 0 Å². The summed E-state index contributed by atoms with van der Waals surface area (Å²) in [7, 11) is 2.10. The van der Waals surface area contributed by atoms with Crippen LogP contribution in [-0.4, -0.2) is 48.0 Å². The van der Waals surface area contributed by atoms with Crippen LogP contribution in [0.3, 0.4) is 0 Å². The summed E-state index contributed by atoms with van der Waals surface area (Å²) < 4.78 is 5.50. The lowest BCUT2D eigenvalue weighted by atomic mass is 9.88. The maximum absolute atomic E-state index is 10.3. The van der Waals surface area contributed by atoms with Crippen molar-refractivity contribution >= 4 is 0 Å². The molecule has 0 aromatic carbocycles. The van der Waals surface area contributed by atoms with Gasteiger partial charge in [-0.25, -0.2) is 0 Å². The van der Waals surface area contributed by atoms with Gasteiger partial charge in [0, 0.05) is 12.6 Å². The summed E-state index contributed by atoms with van der Waals surface area (Å²) in [6.07, 6.45) is 1.84. The molecular weight excluding hydrogens is 178 g/mol. The molecule has 0 aromatic rings. The molecule has 1 aliphatic heterocycles. The van der Waals surface area contributed by atoms with Crippen molar-refractivity contribution in [3.63, 3.8) is 0 Å². The number of rotatable bonds is 3. The van der Waals surface area contributed by atoms with Gasteiger partial charge in [0.05, 0.1) is 18.3 Å². The van der Waals surface area contributed by atoms with Crippen LogP contribution in [0.1, 0.15) is 33.6 Å². The van der Waals surface area contributed by atoms with Crippen molar-refractivity contribution < 1.29 is 9.84 Å². The van der Waals surface area contributed by atoms with Crippen LogP contribution in [0.15, 0.2) is 0 Å². The Hall–Kier alpha value is -0.120. The summed E-state index contributed by atoms with van der Waals surface area (Å²) in [5.74, 6) is 0. The second kappa shape index (κ2) is 4.60. The maximum Gasteiger partial charge on any atom is 0.0907 e. The Kier molecular flexibility index (Phi) is 3.93. The van der Waals surface area contributed by atoms with Gasteiger partial charge in [-0.15, -0.1) is 0 Å². The average molecular weight is 201 g/mol. The molecule has 2 unspecified atom stereocenters. The molecule has 0 bridgehead atoms. The Balaban J connectivity index is 2.41. The molecule has 2 atom stereocenters. The molecule has 0 amide bonds. The van der Waals surface area contributed by atoms with Gasteiger partial charge in [0.1, 0.15) is 0 Å². The fraction of sp³-hybridized carbons (Fsp3) is 1.00. The molecule has 0 radical (unpaired) electrons. The van der Waals surface area contributed by atoms with E-state index in [4.69, 9.17) is 4.74 Å². The van der Waals surface area contributed by atoms with Gasteiger partial charge in [-0.3, -0.25) is 0 Å². The van der Waals surface area contributed by atoms with Crippen LogP contribution >= 0.6 is 0 Å². The molecule has 0 saturated carbocycles. The van der Waals surface area contributed by atoms with E-state index in [2.05, 4.69) is 18.9 Å². The Morgan fingerprint density at radius 2 is 2.21 bits per heavy atom. The van der Waals surface area contributed by atoms with Crippen molar-refractivity contribution in [3.05, 3.63) is 0 Å². The van der Waals surface area contributed by atoms with Crippen molar-refractivity contribution in [1.82, 2.24) is 4.90 Å². The first-order valence-corrected chi connectivity index (χ1v) is 5.47. The topological polar surface area (TPSA) is 32.7 Å². The highest BCUT2D eigenvalue weighted by molar-refractivity contribution is 4.89. The van der Waals surface area contributed by atoms with E-state index in [0.717, 1.165) is 19.4 Å². The van der Waals surface area contributed by atoms with Gasteiger partial charge in [0.25, 0.3) is 0 Å². The molecule has 0 spiro atoms. The Morgan fingerprint density at radius 1 is 1.57 bits per heavy atom. The standard InChI is InChI=1S/C11H23NO2/c1-9(2)14-8-11(13)5-6-12(4)10(3)7-11/h9-10,13H,5-8H2,1-4H3. The third-order valence-electron chi connectivity index (χ3n) is 3.04. The molecule has 1 aliphatic rings.